The number of fused-ring (bicyclic) bond motifs is 5. The zero-order valence-corrected chi connectivity index (χ0v) is 44.1. The number of Topliss-reactive ketones (excluding diaryl/α,β-unsaturated/α-hetero) is 1. The molecule has 3 unspecified atom stereocenters. The summed E-state index contributed by atoms with van der Waals surface area (Å²) in [5, 5.41) is 6.57. The molecule has 2 aliphatic heterocycles. The van der Waals surface area contributed by atoms with Gasteiger partial charge in [0.2, 0.25) is 0 Å². The predicted octanol–water partition coefficient (Wildman–Crippen LogP) is 10.9. The van der Waals surface area contributed by atoms with Crippen molar-refractivity contribution < 1.29 is 33.4 Å². The number of ketones is 2. The minimum Gasteiger partial charge on any atom is -0.342 e. The van der Waals surface area contributed by atoms with Gasteiger partial charge in [-0.3, -0.25) is 4.79 Å². The van der Waals surface area contributed by atoms with Crippen LogP contribution in [0.1, 0.15) is 110 Å². The number of hydrogen-bond acceptors (Lipinski definition) is 9. The number of carbonyl (C=O) groups excluding carboxylic acids is 4. The second-order valence-corrected chi connectivity index (χ2v) is 32.2. The van der Waals surface area contributed by atoms with E-state index in [-0.39, 0.29) is 55.5 Å². The van der Waals surface area contributed by atoms with E-state index < -0.39 is 42.7 Å². The maximum Gasteiger partial charge on any atom is -0.342 e. The average Bonchev–Trinajstić information content (AvgIpc) is 4.07. The molecule has 0 aliphatic carbocycles. The van der Waals surface area contributed by atoms with Crippen molar-refractivity contribution in [3.05, 3.63) is 78.7 Å². The van der Waals surface area contributed by atoms with Gasteiger partial charge < -0.3 is 15.0 Å². The van der Waals surface area contributed by atoms with E-state index in [0.717, 1.165) is 112 Å². The molecule has 0 radical (unpaired) electrons. The number of rotatable bonds is 18. The summed E-state index contributed by atoms with van der Waals surface area (Å²) in [5.74, 6) is 4.29. The summed E-state index contributed by atoms with van der Waals surface area (Å²) in [4.78, 5) is 73.1. The Morgan fingerprint density at radius 2 is 1.56 bits per heavy atom. The number of methoxy groups -OCH3 is 2. The number of H-pyrrole nitrogens is 2. The number of nitrogens with zero attached hydrogens (tertiary/aromatic N) is 3. The molecule has 1 fully saturated rings. The maximum absolute atomic E-state index is 13.9. The number of alkyl carbamates (subject to hydrolysis) is 2. The monoisotopic (exact) mass is 1060 g/mol. The third-order valence-electron chi connectivity index (χ3n) is 13.3. The van der Waals surface area contributed by atoms with Crippen LogP contribution < -0.4 is 15.4 Å². The number of ether oxygens (including phenoxy) is 3. The van der Waals surface area contributed by atoms with Crippen molar-refractivity contribution in [3.63, 3.8) is 0 Å². The number of aromatic amines is 2. The molecule has 16 heteroatoms. The third kappa shape index (κ3) is 11.5. The van der Waals surface area contributed by atoms with Crippen LogP contribution in [0, 0.1) is 17.8 Å². The summed E-state index contributed by atoms with van der Waals surface area (Å²) in [7, 11) is 2.77. The molecular weight excluding hydrogens is 994 g/mol. The zero-order valence-electron chi connectivity index (χ0n) is 41.1. The number of imidazole rings is 2. The number of amides is 2. The van der Waals surface area contributed by atoms with E-state index in [1.54, 1.807) is 6.08 Å². The molecule has 2 amide bonds. The fourth-order valence-corrected chi connectivity index (χ4v) is 18.5. The van der Waals surface area contributed by atoms with Crippen molar-refractivity contribution >= 4 is 61.2 Å². The van der Waals surface area contributed by atoms with Crippen LogP contribution in [0.25, 0.3) is 44.7 Å². The quantitative estimate of drug-likeness (QED) is 0.0218. The first-order valence-corrected chi connectivity index (χ1v) is 32.2. The second-order valence-electron chi connectivity index (χ2n) is 18.9. The van der Waals surface area contributed by atoms with Crippen molar-refractivity contribution in [2.45, 2.75) is 110 Å². The number of carbonyl (C=O) groups is 4. The summed E-state index contributed by atoms with van der Waals surface area (Å²) >= 11 is -1.28. The molecule has 1 saturated heterocycles. The van der Waals surface area contributed by atoms with Crippen molar-refractivity contribution in [2.24, 2.45) is 17.8 Å². The molecule has 2 aliphatic rings. The summed E-state index contributed by atoms with van der Waals surface area (Å²) in [6, 6.07) is 13.8. The van der Waals surface area contributed by atoms with E-state index in [9.17, 15) is 19.2 Å². The maximum atomic E-state index is 13.9. The van der Waals surface area contributed by atoms with Gasteiger partial charge in [0.25, 0.3) is 0 Å². The summed E-state index contributed by atoms with van der Waals surface area (Å²) in [6.07, 6.45) is 11.4. The molecule has 0 saturated carbocycles. The molecule has 2 aromatic carbocycles. The Balaban J connectivity index is 1.09. The molecule has 366 valence electrons. The van der Waals surface area contributed by atoms with Gasteiger partial charge in [-0.05, 0) is 30.5 Å². The van der Waals surface area contributed by atoms with Crippen LogP contribution in [-0.2, 0) is 27.1 Å². The van der Waals surface area contributed by atoms with Gasteiger partial charge in [-0.25, -0.2) is 9.78 Å². The van der Waals surface area contributed by atoms with Gasteiger partial charge in [0, 0.05) is 16.9 Å². The van der Waals surface area contributed by atoms with Gasteiger partial charge in [-0.15, -0.1) is 0 Å². The first kappa shape index (κ1) is 50.8. The van der Waals surface area contributed by atoms with Crippen molar-refractivity contribution in [1.82, 2.24) is 35.1 Å². The number of nitrogens with one attached hydrogen (secondary N) is 4. The van der Waals surface area contributed by atoms with E-state index in [4.69, 9.17) is 24.2 Å². The second kappa shape index (κ2) is 22.5. The molecule has 68 heavy (non-hydrogen) atoms. The van der Waals surface area contributed by atoms with Crippen molar-refractivity contribution in [1.29, 1.82) is 0 Å². The first-order valence-electron chi connectivity index (χ1n) is 23.8. The van der Waals surface area contributed by atoms with E-state index in [2.05, 4.69) is 91.3 Å². The van der Waals surface area contributed by atoms with Crippen LogP contribution in [0.5, 0.6) is 5.75 Å². The molecule has 5 heterocycles. The molecule has 0 spiro atoms. The smallest absolute Gasteiger partial charge is 0.342 e. The zero-order chi connectivity index (χ0) is 48.8. The molecule has 3 aromatic heterocycles. The Morgan fingerprint density at radius 1 is 0.882 bits per heavy atom. The number of aromatic nitrogens is 5. The molecule has 14 nitrogen and oxygen atoms in total. The third-order valence-corrected chi connectivity index (χ3v) is 25.3. The van der Waals surface area contributed by atoms with E-state index in [0.29, 0.717) is 0 Å². The fraction of sp³-hybridized carbons (Fsp3) is 0.500. The van der Waals surface area contributed by atoms with Gasteiger partial charge in [0.1, 0.15) is 5.82 Å². The van der Waals surface area contributed by atoms with Crippen LogP contribution in [0.2, 0.25) is 0 Å². The van der Waals surface area contributed by atoms with E-state index in [1.807, 2.05) is 46.2 Å². The normalized spacial score (nSPS) is 19.7. The van der Waals surface area contributed by atoms with Crippen LogP contribution in [0.15, 0.2) is 67.0 Å². The van der Waals surface area contributed by atoms with Gasteiger partial charge in [0.05, 0.1) is 30.6 Å². The summed E-state index contributed by atoms with van der Waals surface area (Å²) < 4.78 is 18.5. The topological polar surface area (TPSA) is 182 Å². The Morgan fingerprint density at radius 3 is 2.25 bits per heavy atom. The Labute approximate surface area is 409 Å². The SMILES string of the molecule is CCCCC[C@H](/C=C\C(=O)[C@@H](NC(=O)OC)C(C)C)c1ncc(-c2ccc3c(c2)cc2n3C(C)Oc3cc(-c4cnc([C@H]5CCC(C(=O)[C@@H](NC(=O)OC)C(C)C)C[S+](I(C)C)C5)[nH]4)ccc3-2)[nH]1. The molecule has 7 atom stereocenters. The molecule has 0 bridgehead atoms. The van der Waals surface area contributed by atoms with E-state index >= 15 is 0 Å². The number of allylic oxidation sites excluding steroid dienone is 1. The summed E-state index contributed by atoms with van der Waals surface area (Å²) in [5.41, 5.74) is 6.98. The minimum atomic E-state index is -1.28. The van der Waals surface area contributed by atoms with Crippen LogP contribution >= 0.6 is 18.4 Å². The molecule has 7 rings (SSSR count). The average molecular weight is 1060 g/mol. The van der Waals surface area contributed by atoms with E-state index in [1.165, 1.54) is 14.2 Å². The largest absolute Gasteiger partial charge is 0.342 e. The van der Waals surface area contributed by atoms with Crippen LogP contribution in [0.3, 0.4) is 0 Å². The van der Waals surface area contributed by atoms with Crippen molar-refractivity contribution in [3.8, 4) is 39.5 Å². The minimum absolute atomic E-state index is 0.0336. The van der Waals surface area contributed by atoms with Crippen LogP contribution in [0.4, 0.5) is 9.59 Å². The molecule has 5 aromatic rings. The number of unbranched alkanes of at least 4 members (excludes halogenated alkanes) is 2. The Bertz CT molecular complexity index is 2620. The molecule has 4 N–H and O–H groups in total. The first-order chi connectivity index (χ1) is 32.6. The fourth-order valence-electron chi connectivity index (χ4n) is 9.38. The number of halogens is 1. The predicted molar refractivity (Wildman–Crippen MR) is 281 cm³/mol. The van der Waals surface area contributed by atoms with Crippen LogP contribution in [-0.4, -0.2) is 95.9 Å². The van der Waals surface area contributed by atoms with Gasteiger partial charge in [-0.1, -0.05) is 52.2 Å². The number of alkyl halides is 2. The van der Waals surface area contributed by atoms with Gasteiger partial charge >= 0.3 is 240 Å². The van der Waals surface area contributed by atoms with Gasteiger partial charge in [0.15, 0.2) is 5.78 Å². The Hall–Kier alpha value is -5.10. The molecular formula is C52H69IN7O7S+. The van der Waals surface area contributed by atoms with Crippen molar-refractivity contribution in [2.75, 3.05) is 35.6 Å². The number of benzene rings is 2. The standard InChI is InChI=1S/C52H68IN7O7S/c1-11-12-13-14-33(19-22-44(61)46(30(2)3)58-51(63)65-9)49-54-26-40(56-49)34-18-21-42-38(23-34)24-43-39-20-17-35(25-45(39)67-32(6)60(42)43)41-27-55-50(57-41)37-16-15-36(28-68(29-37)53(7)8)48(62)47(31(4)5)59-52(64)66-10/h17-27,30-33,36-37,46-47H,11-16,28-29H2,1-10H3,(H3-,54,55,56,57,58,59,63,64)/p+1/b22-19-/t32?,33-,36?,37+,46+,47+,68?/m1/s1. The number of hydrogen-bond donors (Lipinski definition) is 4. The Kier molecular flexibility index (Phi) is 16.8. The summed E-state index contributed by atoms with van der Waals surface area (Å²) in [6.45, 7) is 12.0. The van der Waals surface area contributed by atoms with Gasteiger partial charge in [-0.2, -0.15) is 0 Å².